The molecule has 0 bridgehead atoms. The molecule has 27 heavy (non-hydrogen) atoms. The summed E-state index contributed by atoms with van der Waals surface area (Å²) in [5, 5.41) is 12.2. The molecular weight excluding hydrogens is 367 g/mol. The van der Waals surface area contributed by atoms with E-state index in [1.807, 2.05) is 7.05 Å². The first kappa shape index (κ1) is 19.3. The molecule has 0 aromatic heterocycles. The van der Waals surface area contributed by atoms with Crippen molar-refractivity contribution in [2.24, 2.45) is 0 Å². The fourth-order valence-electron chi connectivity index (χ4n) is 3.15. The SMILES string of the molecule is CNCCCCN1Cc2cc(C#N)ccc2N(c2ccccc2F)S1(=O)=O. The second-order valence-corrected chi connectivity index (χ2v) is 8.10. The van der Waals surface area contributed by atoms with Gasteiger partial charge in [-0.2, -0.15) is 18.0 Å². The summed E-state index contributed by atoms with van der Waals surface area (Å²) in [6, 6.07) is 12.6. The maximum absolute atomic E-state index is 14.5. The smallest absolute Gasteiger partial charge is 0.308 e. The Morgan fingerprint density at radius 3 is 2.67 bits per heavy atom. The first-order valence-corrected chi connectivity index (χ1v) is 10.1. The number of unbranched alkanes of at least 4 members (excludes halogenated alkanes) is 1. The van der Waals surface area contributed by atoms with Gasteiger partial charge >= 0.3 is 10.2 Å². The van der Waals surface area contributed by atoms with Crippen molar-refractivity contribution in [3.63, 3.8) is 0 Å². The lowest BCUT2D eigenvalue weighted by atomic mass is 10.1. The highest BCUT2D eigenvalue weighted by Gasteiger charge is 2.38. The second kappa shape index (κ2) is 8.05. The first-order chi connectivity index (χ1) is 13.0. The molecule has 1 N–H and O–H groups in total. The van der Waals surface area contributed by atoms with Crippen LogP contribution in [0.25, 0.3) is 0 Å². The van der Waals surface area contributed by atoms with Crippen molar-refractivity contribution in [3.05, 3.63) is 59.4 Å². The molecule has 3 rings (SSSR count). The molecule has 6 nitrogen and oxygen atoms in total. The summed E-state index contributed by atoms with van der Waals surface area (Å²) < 4.78 is 43.3. The van der Waals surface area contributed by atoms with Gasteiger partial charge in [0, 0.05) is 13.1 Å². The number of anilines is 2. The van der Waals surface area contributed by atoms with Gasteiger partial charge in [0.15, 0.2) is 0 Å². The summed E-state index contributed by atoms with van der Waals surface area (Å²) in [5.41, 5.74) is 1.48. The summed E-state index contributed by atoms with van der Waals surface area (Å²) in [5.74, 6) is -0.617. The Kier molecular flexibility index (Phi) is 5.75. The molecule has 142 valence electrons. The summed E-state index contributed by atoms with van der Waals surface area (Å²) in [4.78, 5) is 0. The molecular formula is C19H21FN4O2S. The molecule has 0 atom stereocenters. The third-order valence-corrected chi connectivity index (χ3v) is 6.31. The van der Waals surface area contributed by atoms with E-state index in [-0.39, 0.29) is 12.2 Å². The van der Waals surface area contributed by atoms with E-state index < -0.39 is 16.0 Å². The van der Waals surface area contributed by atoms with Crippen LogP contribution in [-0.4, -0.2) is 32.9 Å². The highest BCUT2D eigenvalue weighted by molar-refractivity contribution is 7.90. The molecule has 0 fully saturated rings. The Balaban J connectivity index is 2.07. The van der Waals surface area contributed by atoms with E-state index in [9.17, 15) is 18.1 Å². The number of nitriles is 1. The van der Waals surface area contributed by atoms with E-state index in [2.05, 4.69) is 11.4 Å². The largest absolute Gasteiger partial charge is 0.320 e. The number of nitrogens with zero attached hydrogens (tertiary/aromatic N) is 3. The molecule has 2 aromatic carbocycles. The van der Waals surface area contributed by atoms with Gasteiger partial charge in [0.05, 0.1) is 23.0 Å². The summed E-state index contributed by atoms with van der Waals surface area (Å²) >= 11 is 0. The van der Waals surface area contributed by atoms with E-state index in [1.165, 1.54) is 22.5 Å². The lowest BCUT2D eigenvalue weighted by Crippen LogP contribution is -2.46. The topological polar surface area (TPSA) is 76.4 Å². The molecule has 0 saturated heterocycles. The van der Waals surface area contributed by atoms with Crippen molar-refractivity contribution in [2.75, 3.05) is 24.4 Å². The molecule has 0 saturated carbocycles. The molecule has 0 amide bonds. The van der Waals surface area contributed by atoms with E-state index in [0.717, 1.165) is 17.3 Å². The quantitative estimate of drug-likeness (QED) is 0.772. The number of halogens is 1. The number of rotatable bonds is 6. The van der Waals surface area contributed by atoms with Crippen molar-refractivity contribution >= 4 is 21.6 Å². The normalized spacial score (nSPS) is 16.0. The molecule has 0 aliphatic carbocycles. The zero-order valence-electron chi connectivity index (χ0n) is 15.0. The number of nitrogens with one attached hydrogen (secondary N) is 1. The summed E-state index contributed by atoms with van der Waals surface area (Å²) in [6.45, 7) is 1.28. The monoisotopic (exact) mass is 388 g/mol. The first-order valence-electron chi connectivity index (χ1n) is 8.71. The second-order valence-electron chi connectivity index (χ2n) is 6.32. The van der Waals surface area contributed by atoms with Gasteiger partial charge in [0.1, 0.15) is 5.82 Å². The van der Waals surface area contributed by atoms with Crippen LogP contribution in [0.4, 0.5) is 15.8 Å². The van der Waals surface area contributed by atoms with Crippen LogP contribution in [0, 0.1) is 17.1 Å². The molecule has 0 unspecified atom stereocenters. The van der Waals surface area contributed by atoms with E-state index >= 15 is 0 Å². The van der Waals surface area contributed by atoms with Gasteiger partial charge in [-0.25, -0.2) is 8.70 Å². The lowest BCUT2D eigenvalue weighted by Gasteiger charge is -2.37. The Morgan fingerprint density at radius 1 is 1.19 bits per heavy atom. The van der Waals surface area contributed by atoms with Gasteiger partial charge in [-0.1, -0.05) is 12.1 Å². The summed E-state index contributed by atoms with van der Waals surface area (Å²) in [7, 11) is -2.09. The Bertz CT molecular complexity index is 972. The third kappa shape index (κ3) is 3.81. The van der Waals surface area contributed by atoms with Gasteiger partial charge in [0.2, 0.25) is 0 Å². The predicted molar refractivity (Wildman–Crippen MR) is 102 cm³/mol. The van der Waals surface area contributed by atoms with Crippen LogP contribution in [-0.2, 0) is 16.8 Å². The van der Waals surface area contributed by atoms with Crippen LogP contribution in [0.2, 0.25) is 0 Å². The maximum Gasteiger partial charge on any atom is 0.308 e. The van der Waals surface area contributed by atoms with Crippen LogP contribution in [0.3, 0.4) is 0 Å². The number of fused-ring (bicyclic) bond motifs is 1. The lowest BCUT2D eigenvalue weighted by molar-refractivity contribution is 0.388. The van der Waals surface area contributed by atoms with Gasteiger partial charge < -0.3 is 5.32 Å². The minimum atomic E-state index is -3.94. The minimum absolute atomic E-state index is 0.0246. The Hall–Kier alpha value is -2.47. The number of para-hydroxylation sites is 1. The van der Waals surface area contributed by atoms with Crippen molar-refractivity contribution in [2.45, 2.75) is 19.4 Å². The number of hydrogen-bond acceptors (Lipinski definition) is 4. The third-order valence-electron chi connectivity index (χ3n) is 4.49. The highest BCUT2D eigenvalue weighted by Crippen LogP contribution is 2.39. The molecule has 1 aliphatic rings. The molecule has 0 spiro atoms. The van der Waals surface area contributed by atoms with Crippen molar-refractivity contribution in [3.8, 4) is 6.07 Å². The van der Waals surface area contributed by atoms with Crippen LogP contribution < -0.4 is 9.62 Å². The van der Waals surface area contributed by atoms with Crippen molar-refractivity contribution in [1.82, 2.24) is 9.62 Å². The molecule has 0 radical (unpaired) electrons. The van der Waals surface area contributed by atoms with Gasteiger partial charge in [0.25, 0.3) is 0 Å². The average Bonchev–Trinajstić information content (AvgIpc) is 2.66. The predicted octanol–water partition coefficient (Wildman–Crippen LogP) is 2.90. The Labute approximate surface area is 159 Å². The van der Waals surface area contributed by atoms with E-state index in [4.69, 9.17) is 0 Å². The van der Waals surface area contributed by atoms with Crippen molar-refractivity contribution < 1.29 is 12.8 Å². The summed E-state index contributed by atoms with van der Waals surface area (Å²) in [6.07, 6.45) is 1.51. The number of hydrogen-bond donors (Lipinski definition) is 1. The number of benzene rings is 2. The highest BCUT2D eigenvalue weighted by atomic mass is 32.2. The zero-order valence-corrected chi connectivity index (χ0v) is 15.8. The van der Waals surface area contributed by atoms with Crippen LogP contribution in [0.1, 0.15) is 24.0 Å². The maximum atomic E-state index is 14.5. The van der Waals surface area contributed by atoms with Gasteiger partial charge in [-0.3, -0.25) is 0 Å². The minimum Gasteiger partial charge on any atom is -0.320 e. The zero-order chi connectivity index (χ0) is 19.4. The molecule has 2 aromatic rings. The van der Waals surface area contributed by atoms with Gasteiger partial charge in [-0.15, -0.1) is 0 Å². The Morgan fingerprint density at radius 2 is 1.96 bits per heavy atom. The van der Waals surface area contributed by atoms with Gasteiger partial charge in [-0.05, 0) is 62.3 Å². The standard InChI is InChI=1S/C19H21FN4O2S/c1-22-10-4-5-11-23-14-16-12-15(13-21)8-9-18(16)24(27(23,25)26)19-7-3-2-6-17(19)20/h2-3,6-9,12,22H,4-5,10-11,14H2,1H3. The molecule has 8 heteroatoms. The van der Waals surface area contributed by atoms with Crippen LogP contribution >= 0.6 is 0 Å². The average molecular weight is 388 g/mol. The van der Waals surface area contributed by atoms with Crippen LogP contribution in [0.5, 0.6) is 0 Å². The fraction of sp³-hybridized carbons (Fsp3) is 0.316. The van der Waals surface area contributed by atoms with Crippen molar-refractivity contribution in [1.29, 1.82) is 5.26 Å². The fourth-order valence-corrected chi connectivity index (χ4v) is 4.86. The van der Waals surface area contributed by atoms with E-state index in [1.54, 1.807) is 24.3 Å². The molecule has 1 heterocycles. The van der Waals surface area contributed by atoms with Crippen LogP contribution in [0.15, 0.2) is 42.5 Å². The molecule has 1 aliphatic heterocycles. The van der Waals surface area contributed by atoms with E-state index in [0.29, 0.717) is 29.8 Å².